The fourth-order valence-electron chi connectivity index (χ4n) is 3.16. The highest BCUT2D eigenvalue weighted by atomic mass is 19.1. The van der Waals surface area contributed by atoms with Gasteiger partial charge < -0.3 is 5.11 Å². The summed E-state index contributed by atoms with van der Waals surface area (Å²) in [6.45, 7) is 4.59. The zero-order valence-corrected chi connectivity index (χ0v) is 13.5. The van der Waals surface area contributed by atoms with Crippen molar-refractivity contribution in [2.24, 2.45) is 0 Å². The maximum Gasteiger partial charge on any atom is 0.274 e. The van der Waals surface area contributed by atoms with E-state index in [2.05, 4.69) is 9.97 Å². The first-order chi connectivity index (χ1) is 11.4. The lowest BCUT2D eigenvalue weighted by atomic mass is 10.1. The summed E-state index contributed by atoms with van der Waals surface area (Å²) in [7, 11) is 0. The summed E-state index contributed by atoms with van der Waals surface area (Å²) in [6.07, 6.45) is 3.88. The number of rotatable bonds is 2. The lowest BCUT2D eigenvalue weighted by molar-refractivity contribution is 0.0687. The molecule has 124 valence electrons. The number of fused-ring (bicyclic) bond motifs is 3. The molecule has 0 saturated heterocycles. The van der Waals surface area contributed by atoms with E-state index in [9.17, 15) is 14.3 Å². The van der Waals surface area contributed by atoms with E-state index < -0.39 is 11.4 Å². The molecule has 2 aromatic heterocycles. The Morgan fingerprint density at radius 3 is 2.50 bits per heavy atom. The molecule has 7 heteroatoms. The van der Waals surface area contributed by atoms with Gasteiger partial charge in [-0.2, -0.15) is 0 Å². The molecule has 1 aromatic carbocycles. The minimum Gasteiger partial charge on any atom is -0.382 e. The second-order valence-electron chi connectivity index (χ2n) is 6.61. The van der Waals surface area contributed by atoms with Gasteiger partial charge in [-0.25, -0.2) is 19.0 Å². The second kappa shape index (κ2) is 4.98. The van der Waals surface area contributed by atoms with Gasteiger partial charge in [0.1, 0.15) is 11.4 Å². The van der Waals surface area contributed by atoms with Crippen LogP contribution in [0.25, 0.3) is 22.0 Å². The first kappa shape index (κ1) is 15.0. The Morgan fingerprint density at radius 1 is 1.17 bits per heavy atom. The van der Waals surface area contributed by atoms with Crippen molar-refractivity contribution in [1.82, 2.24) is 19.3 Å². The number of halogens is 1. The van der Waals surface area contributed by atoms with E-state index in [4.69, 9.17) is 0 Å². The third-order valence-corrected chi connectivity index (χ3v) is 4.37. The molecule has 0 amide bonds. The van der Waals surface area contributed by atoms with Crippen LogP contribution in [0.15, 0.2) is 29.3 Å². The maximum absolute atomic E-state index is 14.5. The van der Waals surface area contributed by atoms with E-state index in [0.29, 0.717) is 23.1 Å². The van der Waals surface area contributed by atoms with Crippen LogP contribution in [0.1, 0.15) is 26.1 Å². The van der Waals surface area contributed by atoms with Gasteiger partial charge in [0.2, 0.25) is 0 Å². The standard InChI is InChI=1S/C17H17FN4O2/c1-17(2,24)16-19-8-10(9-20-16)11-7-14-12(6-13(11)18)15(23)22-5-3-4-21(14)22/h6-9,24H,3-5H2,1-2H3. The van der Waals surface area contributed by atoms with Gasteiger partial charge in [-0.05, 0) is 32.4 Å². The van der Waals surface area contributed by atoms with E-state index in [1.807, 2.05) is 4.68 Å². The third kappa shape index (κ3) is 2.16. The van der Waals surface area contributed by atoms with Gasteiger partial charge in [-0.1, -0.05) is 0 Å². The molecule has 1 aliphatic rings. The van der Waals surface area contributed by atoms with Crippen molar-refractivity contribution in [2.75, 3.05) is 0 Å². The summed E-state index contributed by atoms with van der Waals surface area (Å²) in [5.74, 6) is -0.210. The second-order valence-corrected chi connectivity index (χ2v) is 6.61. The van der Waals surface area contributed by atoms with E-state index in [1.54, 1.807) is 24.6 Å². The molecule has 0 atom stereocenters. The summed E-state index contributed by atoms with van der Waals surface area (Å²) in [5, 5.41) is 10.3. The van der Waals surface area contributed by atoms with Gasteiger partial charge >= 0.3 is 0 Å². The summed E-state index contributed by atoms with van der Waals surface area (Å²) in [4.78, 5) is 20.5. The molecule has 1 aliphatic heterocycles. The van der Waals surface area contributed by atoms with Crippen LogP contribution >= 0.6 is 0 Å². The monoisotopic (exact) mass is 328 g/mol. The van der Waals surface area contributed by atoms with E-state index in [-0.39, 0.29) is 11.4 Å². The molecule has 3 aromatic rings. The van der Waals surface area contributed by atoms with Gasteiger partial charge in [0.05, 0.1) is 10.9 Å². The van der Waals surface area contributed by atoms with Crippen LogP contribution < -0.4 is 5.56 Å². The van der Waals surface area contributed by atoms with E-state index >= 15 is 0 Å². The number of benzene rings is 1. The van der Waals surface area contributed by atoms with Crippen LogP contribution in [0.5, 0.6) is 0 Å². The molecule has 0 aliphatic carbocycles. The Balaban J connectivity index is 1.88. The van der Waals surface area contributed by atoms with Crippen molar-refractivity contribution < 1.29 is 9.50 Å². The summed E-state index contributed by atoms with van der Waals surface area (Å²) >= 11 is 0. The Morgan fingerprint density at radius 2 is 1.83 bits per heavy atom. The molecule has 4 rings (SSSR count). The first-order valence-electron chi connectivity index (χ1n) is 7.84. The first-order valence-corrected chi connectivity index (χ1v) is 7.84. The molecular formula is C17H17FN4O2. The normalized spacial score (nSPS) is 14.3. The predicted octanol–water partition coefficient (Wildman–Crippen LogP) is 2.03. The topological polar surface area (TPSA) is 72.9 Å². The van der Waals surface area contributed by atoms with Gasteiger partial charge in [0.25, 0.3) is 5.56 Å². The average Bonchev–Trinajstić information content (AvgIpc) is 3.10. The lowest BCUT2D eigenvalue weighted by Gasteiger charge is -2.15. The Hall–Kier alpha value is -2.54. The zero-order valence-electron chi connectivity index (χ0n) is 13.5. The van der Waals surface area contributed by atoms with Crippen LogP contribution in [0.4, 0.5) is 4.39 Å². The van der Waals surface area contributed by atoms with Crippen LogP contribution in [0.2, 0.25) is 0 Å². The van der Waals surface area contributed by atoms with Crippen molar-refractivity contribution >= 4 is 10.9 Å². The zero-order chi connectivity index (χ0) is 17.1. The molecule has 6 nitrogen and oxygen atoms in total. The number of hydrogen-bond acceptors (Lipinski definition) is 4. The third-order valence-electron chi connectivity index (χ3n) is 4.37. The fourth-order valence-corrected chi connectivity index (χ4v) is 3.16. The lowest BCUT2D eigenvalue weighted by Crippen LogP contribution is -2.19. The number of hydrogen-bond donors (Lipinski definition) is 1. The van der Waals surface area contributed by atoms with Crippen molar-refractivity contribution in [2.45, 2.75) is 39.0 Å². The number of aryl methyl sites for hydroxylation is 1. The van der Waals surface area contributed by atoms with Crippen molar-refractivity contribution in [3.8, 4) is 11.1 Å². The molecule has 24 heavy (non-hydrogen) atoms. The maximum atomic E-state index is 14.5. The summed E-state index contributed by atoms with van der Waals surface area (Å²) in [5.41, 5.74) is 0.269. The summed E-state index contributed by atoms with van der Waals surface area (Å²) < 4.78 is 18.1. The SMILES string of the molecule is CC(C)(O)c1ncc(-c2cc3c(cc2F)c(=O)n2n3CCC2)cn1. The van der Waals surface area contributed by atoms with E-state index in [0.717, 1.165) is 18.5 Å². The quantitative estimate of drug-likeness (QED) is 0.781. The van der Waals surface area contributed by atoms with Gasteiger partial charge in [-0.3, -0.25) is 9.48 Å². The average molecular weight is 328 g/mol. The fraction of sp³-hybridized carbons (Fsp3) is 0.353. The van der Waals surface area contributed by atoms with Gasteiger partial charge in [0, 0.05) is 36.6 Å². The van der Waals surface area contributed by atoms with Gasteiger partial charge in [0.15, 0.2) is 5.82 Å². The van der Waals surface area contributed by atoms with E-state index in [1.165, 1.54) is 18.5 Å². The smallest absolute Gasteiger partial charge is 0.274 e. The molecule has 0 fully saturated rings. The Kier molecular flexibility index (Phi) is 3.11. The number of nitrogens with zero attached hydrogens (tertiary/aromatic N) is 4. The highest BCUT2D eigenvalue weighted by Gasteiger charge is 2.22. The number of aliphatic hydroxyl groups is 1. The minimum atomic E-state index is -1.16. The summed E-state index contributed by atoms with van der Waals surface area (Å²) in [6, 6.07) is 2.96. The molecular weight excluding hydrogens is 311 g/mol. The minimum absolute atomic E-state index is 0.151. The Bertz CT molecular complexity index is 997. The van der Waals surface area contributed by atoms with Crippen molar-refractivity contribution in [3.05, 3.63) is 46.5 Å². The van der Waals surface area contributed by atoms with Crippen LogP contribution in [-0.4, -0.2) is 24.4 Å². The largest absolute Gasteiger partial charge is 0.382 e. The predicted molar refractivity (Wildman–Crippen MR) is 87.0 cm³/mol. The van der Waals surface area contributed by atoms with Gasteiger partial charge in [-0.15, -0.1) is 0 Å². The molecule has 0 spiro atoms. The van der Waals surface area contributed by atoms with Crippen LogP contribution in [0.3, 0.4) is 0 Å². The molecule has 3 heterocycles. The van der Waals surface area contributed by atoms with Crippen molar-refractivity contribution in [1.29, 1.82) is 0 Å². The van der Waals surface area contributed by atoms with Crippen molar-refractivity contribution in [3.63, 3.8) is 0 Å². The van der Waals surface area contributed by atoms with Crippen LogP contribution in [0, 0.1) is 5.82 Å². The molecule has 1 N–H and O–H groups in total. The Labute approximate surface area is 137 Å². The van der Waals surface area contributed by atoms with Crippen LogP contribution in [-0.2, 0) is 18.7 Å². The molecule has 0 bridgehead atoms. The number of aromatic nitrogens is 4. The highest BCUT2D eigenvalue weighted by molar-refractivity contribution is 5.84. The molecule has 0 saturated carbocycles. The molecule has 0 unspecified atom stereocenters. The highest BCUT2D eigenvalue weighted by Crippen LogP contribution is 2.28. The molecule has 0 radical (unpaired) electrons.